The number of hydrogen-bond donors (Lipinski definition) is 4. The molecule has 0 bridgehead atoms. The van der Waals surface area contributed by atoms with Crippen LogP contribution in [0, 0.1) is 0 Å². The highest BCUT2D eigenvalue weighted by atomic mass is 16.6. The number of aliphatic hydroxyl groups excluding tert-OH is 3. The third-order valence-electron chi connectivity index (χ3n) is 6.23. The van der Waals surface area contributed by atoms with E-state index in [2.05, 4.69) is 32.4 Å². The van der Waals surface area contributed by atoms with Crippen molar-refractivity contribution in [2.75, 3.05) is 11.9 Å². The maximum absolute atomic E-state index is 10.4. The third-order valence-corrected chi connectivity index (χ3v) is 6.23. The molecule has 10 heteroatoms. The lowest BCUT2D eigenvalue weighted by Gasteiger charge is -2.22. The zero-order chi connectivity index (χ0) is 22.1. The monoisotopic (exact) mass is 441 g/mol. The van der Waals surface area contributed by atoms with Crippen molar-refractivity contribution in [3.8, 4) is 0 Å². The molecule has 1 saturated carbocycles. The van der Waals surface area contributed by atoms with E-state index < -0.39 is 31.1 Å². The van der Waals surface area contributed by atoms with E-state index in [-0.39, 0.29) is 12.1 Å². The summed E-state index contributed by atoms with van der Waals surface area (Å²) in [7, 11) is 0. The standard InChI is InChI=1S/C22H27N5O5/c28-9-16-18(29)19(30)22(32-16)27-12-25-17-20(23-11-24-21(17)27)26-14-7-4-8-15(14)31-10-13-5-2-1-3-6-13/h1-3,5-6,11-12,14-16,18-19,22,28-30H,4,7-10H2,(H,23,24,26)/t14?,15-,16?,18-,19-,22-/m1/s1. The second-order valence-corrected chi connectivity index (χ2v) is 8.29. The van der Waals surface area contributed by atoms with E-state index in [1.807, 2.05) is 18.2 Å². The van der Waals surface area contributed by atoms with Gasteiger partial charge in [-0.1, -0.05) is 30.3 Å². The number of fused-ring (bicyclic) bond motifs is 1. The first-order chi connectivity index (χ1) is 15.7. The number of anilines is 1. The largest absolute Gasteiger partial charge is 0.394 e. The molecule has 2 unspecified atom stereocenters. The van der Waals surface area contributed by atoms with Crippen molar-refractivity contribution in [2.24, 2.45) is 0 Å². The van der Waals surface area contributed by atoms with E-state index in [1.165, 1.54) is 12.7 Å². The summed E-state index contributed by atoms with van der Waals surface area (Å²) < 4.78 is 13.4. The molecule has 2 aromatic heterocycles. The summed E-state index contributed by atoms with van der Waals surface area (Å²) in [6.45, 7) is 0.165. The van der Waals surface area contributed by atoms with Gasteiger partial charge in [-0.15, -0.1) is 0 Å². The molecule has 1 aromatic carbocycles. The maximum Gasteiger partial charge on any atom is 0.167 e. The lowest BCUT2D eigenvalue weighted by Crippen LogP contribution is -2.33. The van der Waals surface area contributed by atoms with Gasteiger partial charge in [-0.25, -0.2) is 15.0 Å². The van der Waals surface area contributed by atoms with Crippen LogP contribution in [0.25, 0.3) is 11.2 Å². The molecule has 1 saturated heterocycles. The average molecular weight is 441 g/mol. The Bertz CT molecular complexity index is 1050. The first-order valence-electron chi connectivity index (χ1n) is 10.9. The fourth-order valence-corrected chi connectivity index (χ4v) is 4.50. The van der Waals surface area contributed by atoms with E-state index in [4.69, 9.17) is 9.47 Å². The van der Waals surface area contributed by atoms with Crippen molar-refractivity contribution >= 4 is 17.0 Å². The van der Waals surface area contributed by atoms with E-state index >= 15 is 0 Å². The fraction of sp³-hybridized carbons (Fsp3) is 0.500. The molecule has 5 rings (SSSR count). The Morgan fingerprint density at radius 1 is 1.09 bits per heavy atom. The minimum Gasteiger partial charge on any atom is -0.394 e. The van der Waals surface area contributed by atoms with Crippen LogP contribution in [-0.4, -0.2) is 71.9 Å². The minimum absolute atomic E-state index is 0.0581. The van der Waals surface area contributed by atoms with Crippen LogP contribution in [0.3, 0.4) is 0 Å². The van der Waals surface area contributed by atoms with E-state index in [1.54, 1.807) is 4.57 Å². The van der Waals surface area contributed by atoms with Crippen LogP contribution < -0.4 is 5.32 Å². The number of nitrogens with one attached hydrogen (secondary N) is 1. The number of aliphatic hydroxyl groups is 3. The Morgan fingerprint density at radius 2 is 1.94 bits per heavy atom. The smallest absolute Gasteiger partial charge is 0.167 e. The highest BCUT2D eigenvalue weighted by Gasteiger charge is 2.44. The number of aromatic nitrogens is 4. The number of ether oxygens (including phenoxy) is 2. The molecule has 4 N–H and O–H groups in total. The molecular formula is C22H27N5O5. The molecule has 1 aliphatic heterocycles. The summed E-state index contributed by atoms with van der Waals surface area (Å²) >= 11 is 0. The van der Waals surface area contributed by atoms with Crippen molar-refractivity contribution < 1.29 is 24.8 Å². The molecule has 3 heterocycles. The van der Waals surface area contributed by atoms with Crippen LogP contribution in [0.4, 0.5) is 5.82 Å². The van der Waals surface area contributed by atoms with Gasteiger partial charge in [-0.2, -0.15) is 0 Å². The average Bonchev–Trinajstić information content (AvgIpc) is 3.52. The molecule has 2 fully saturated rings. The van der Waals surface area contributed by atoms with E-state index in [9.17, 15) is 15.3 Å². The predicted octanol–water partition coefficient (Wildman–Crippen LogP) is 0.988. The summed E-state index contributed by atoms with van der Waals surface area (Å²) in [6, 6.07) is 10.2. The van der Waals surface area contributed by atoms with Crippen LogP contribution in [0.1, 0.15) is 31.1 Å². The first kappa shape index (κ1) is 21.2. The zero-order valence-corrected chi connectivity index (χ0v) is 17.5. The summed E-state index contributed by atoms with van der Waals surface area (Å²) in [4.78, 5) is 13.1. The highest BCUT2D eigenvalue weighted by Crippen LogP contribution is 2.33. The van der Waals surface area contributed by atoms with Crippen molar-refractivity contribution in [1.82, 2.24) is 19.5 Å². The maximum atomic E-state index is 10.4. The molecule has 0 radical (unpaired) electrons. The van der Waals surface area contributed by atoms with E-state index in [0.717, 1.165) is 24.8 Å². The Balaban J connectivity index is 1.33. The molecular weight excluding hydrogens is 414 g/mol. The molecule has 1 aliphatic carbocycles. The number of benzene rings is 1. The lowest BCUT2D eigenvalue weighted by molar-refractivity contribution is -0.0511. The summed E-state index contributed by atoms with van der Waals surface area (Å²) in [5.74, 6) is 0.584. The SMILES string of the molecule is OCC1O[C@@H](n2cnc3c(NC4CCC[C@H]4OCc4ccccc4)ncnc32)[C@H](O)[C@@H]1O. The zero-order valence-electron chi connectivity index (χ0n) is 17.5. The Hall–Kier alpha value is -2.63. The van der Waals surface area contributed by atoms with Gasteiger partial charge in [0.15, 0.2) is 23.2 Å². The number of imidazole rings is 1. The van der Waals surface area contributed by atoms with Gasteiger partial charge in [0.2, 0.25) is 0 Å². The Morgan fingerprint density at radius 3 is 2.72 bits per heavy atom. The highest BCUT2D eigenvalue weighted by molar-refractivity contribution is 5.82. The summed E-state index contributed by atoms with van der Waals surface area (Å²) in [5.41, 5.74) is 2.15. The fourth-order valence-electron chi connectivity index (χ4n) is 4.50. The molecule has 3 aromatic rings. The normalized spacial score (nSPS) is 30.2. The van der Waals surface area contributed by atoms with Crippen LogP contribution in [0.15, 0.2) is 43.0 Å². The minimum atomic E-state index is -1.21. The van der Waals surface area contributed by atoms with Gasteiger partial charge in [0.1, 0.15) is 24.6 Å². The molecule has 6 atom stereocenters. The molecule has 0 spiro atoms. The summed E-state index contributed by atoms with van der Waals surface area (Å²) in [5, 5.41) is 33.3. The van der Waals surface area contributed by atoms with Gasteiger partial charge >= 0.3 is 0 Å². The topological polar surface area (TPSA) is 135 Å². The second-order valence-electron chi connectivity index (χ2n) is 8.29. The van der Waals surface area contributed by atoms with Crippen LogP contribution >= 0.6 is 0 Å². The van der Waals surface area contributed by atoms with Gasteiger partial charge in [0.25, 0.3) is 0 Å². The van der Waals surface area contributed by atoms with Crippen molar-refractivity contribution in [1.29, 1.82) is 0 Å². The number of nitrogens with zero attached hydrogens (tertiary/aromatic N) is 4. The Kier molecular flexibility index (Phi) is 6.03. The van der Waals surface area contributed by atoms with Crippen molar-refractivity contribution in [3.05, 3.63) is 48.5 Å². The van der Waals surface area contributed by atoms with Gasteiger partial charge in [0.05, 0.1) is 31.7 Å². The van der Waals surface area contributed by atoms with Gasteiger partial charge < -0.3 is 30.1 Å². The van der Waals surface area contributed by atoms with Crippen LogP contribution in [0.5, 0.6) is 0 Å². The summed E-state index contributed by atoms with van der Waals surface area (Å²) in [6.07, 6.45) is 1.81. The van der Waals surface area contributed by atoms with Crippen molar-refractivity contribution in [2.45, 2.75) is 62.6 Å². The second kappa shape index (κ2) is 9.08. The molecule has 170 valence electrons. The quantitative estimate of drug-likeness (QED) is 0.423. The van der Waals surface area contributed by atoms with Crippen LogP contribution in [-0.2, 0) is 16.1 Å². The molecule has 10 nitrogen and oxygen atoms in total. The first-order valence-corrected chi connectivity index (χ1v) is 10.9. The van der Waals surface area contributed by atoms with Gasteiger partial charge in [-0.05, 0) is 24.8 Å². The van der Waals surface area contributed by atoms with Crippen LogP contribution in [0.2, 0.25) is 0 Å². The lowest BCUT2D eigenvalue weighted by atomic mass is 10.1. The molecule has 2 aliphatic rings. The number of hydrogen-bond acceptors (Lipinski definition) is 9. The van der Waals surface area contributed by atoms with Gasteiger partial charge in [0, 0.05) is 0 Å². The van der Waals surface area contributed by atoms with Gasteiger partial charge in [-0.3, -0.25) is 4.57 Å². The van der Waals surface area contributed by atoms with E-state index in [0.29, 0.717) is 23.6 Å². The molecule has 0 amide bonds. The third kappa shape index (κ3) is 3.96. The predicted molar refractivity (Wildman–Crippen MR) is 115 cm³/mol. The van der Waals surface area contributed by atoms with Crippen molar-refractivity contribution in [3.63, 3.8) is 0 Å². The molecule has 32 heavy (non-hydrogen) atoms. The number of rotatable bonds is 7. The Labute approximate surface area is 184 Å².